The van der Waals surface area contributed by atoms with Crippen LogP contribution in [0.25, 0.3) is 0 Å². The van der Waals surface area contributed by atoms with Crippen molar-refractivity contribution in [1.82, 2.24) is 4.90 Å². The first-order chi connectivity index (χ1) is 8.69. The van der Waals surface area contributed by atoms with Crippen LogP contribution in [0.4, 0.5) is 0 Å². The molecule has 0 aromatic rings. The Kier molecular flexibility index (Phi) is 4.75. The van der Waals surface area contributed by atoms with Crippen molar-refractivity contribution in [2.75, 3.05) is 31.2 Å². The van der Waals surface area contributed by atoms with Crippen LogP contribution in [0, 0.1) is 0 Å². The van der Waals surface area contributed by atoms with E-state index in [-0.39, 0.29) is 11.4 Å². The van der Waals surface area contributed by atoms with E-state index < -0.39 is 0 Å². The van der Waals surface area contributed by atoms with E-state index >= 15 is 0 Å². The Balaban J connectivity index is 1.97. The Labute approximate surface area is 113 Å². The lowest BCUT2D eigenvalue weighted by atomic mass is 9.89. The van der Waals surface area contributed by atoms with Crippen molar-refractivity contribution in [1.29, 1.82) is 0 Å². The maximum atomic E-state index is 8.69. The number of hydrogen-bond acceptors (Lipinski definition) is 5. The smallest absolute Gasteiger partial charge is 0.153 e. The minimum Gasteiger partial charge on any atom is -0.409 e. The summed E-state index contributed by atoms with van der Waals surface area (Å²) in [5, 5.41) is 11.8. The van der Waals surface area contributed by atoms with Crippen LogP contribution < -0.4 is 5.73 Å². The van der Waals surface area contributed by atoms with E-state index in [1.165, 1.54) is 5.75 Å². The van der Waals surface area contributed by atoms with Gasteiger partial charge in [-0.25, -0.2) is 0 Å². The van der Waals surface area contributed by atoms with Gasteiger partial charge in [0.2, 0.25) is 0 Å². The zero-order chi connectivity index (χ0) is 13.0. The Morgan fingerprint density at radius 3 is 3.11 bits per heavy atom. The van der Waals surface area contributed by atoms with Crippen molar-refractivity contribution in [3.63, 3.8) is 0 Å². The van der Waals surface area contributed by atoms with E-state index in [0.717, 1.165) is 38.2 Å². The summed E-state index contributed by atoms with van der Waals surface area (Å²) in [6.07, 6.45) is 3.28. The van der Waals surface area contributed by atoms with Crippen LogP contribution in [-0.2, 0) is 4.74 Å². The molecule has 6 heteroatoms. The van der Waals surface area contributed by atoms with Gasteiger partial charge in [0.15, 0.2) is 5.84 Å². The average Bonchev–Trinajstić information content (AvgIpc) is 2.83. The summed E-state index contributed by atoms with van der Waals surface area (Å²) < 4.78 is 6.02. The number of ether oxygens (including phenoxy) is 1. The second-order valence-corrected chi connectivity index (χ2v) is 6.24. The Hall–Kier alpha value is -0.460. The summed E-state index contributed by atoms with van der Waals surface area (Å²) in [7, 11) is 0. The van der Waals surface area contributed by atoms with Crippen LogP contribution in [0.3, 0.4) is 0 Å². The molecule has 0 aromatic heterocycles. The van der Waals surface area contributed by atoms with Gasteiger partial charge in [-0.3, -0.25) is 4.90 Å². The molecule has 18 heavy (non-hydrogen) atoms. The highest BCUT2D eigenvalue weighted by Gasteiger charge is 2.41. The Morgan fingerprint density at radius 1 is 1.67 bits per heavy atom. The highest BCUT2D eigenvalue weighted by atomic mass is 32.2. The van der Waals surface area contributed by atoms with Gasteiger partial charge in [0.1, 0.15) is 0 Å². The first-order valence-electron chi connectivity index (χ1n) is 6.61. The van der Waals surface area contributed by atoms with E-state index in [1.54, 1.807) is 0 Å². The van der Waals surface area contributed by atoms with Crippen molar-refractivity contribution in [2.45, 2.75) is 37.8 Å². The third-order valence-electron chi connectivity index (χ3n) is 3.95. The van der Waals surface area contributed by atoms with Crippen molar-refractivity contribution in [3.05, 3.63) is 0 Å². The number of hydrogen-bond donors (Lipinski definition) is 2. The monoisotopic (exact) mass is 273 g/mol. The minimum atomic E-state index is 0.0894. The van der Waals surface area contributed by atoms with Crippen LogP contribution >= 0.6 is 11.8 Å². The van der Waals surface area contributed by atoms with E-state index in [2.05, 4.69) is 17.0 Å². The van der Waals surface area contributed by atoms with Gasteiger partial charge < -0.3 is 15.7 Å². The second-order valence-electron chi connectivity index (χ2n) is 5.14. The average molecular weight is 273 g/mol. The second kappa shape index (κ2) is 6.12. The molecular weight excluding hydrogens is 250 g/mol. The molecule has 2 aliphatic heterocycles. The molecule has 2 fully saturated rings. The maximum absolute atomic E-state index is 8.69. The molecule has 5 nitrogen and oxygen atoms in total. The third-order valence-corrected chi connectivity index (χ3v) is 5.17. The SMILES string of the molecule is CCN(CC(N)=NO)C1CCOC2(CCSC2)C1. The molecule has 0 aromatic carbocycles. The summed E-state index contributed by atoms with van der Waals surface area (Å²) in [6, 6.07) is 0.489. The molecule has 3 N–H and O–H groups in total. The van der Waals surface area contributed by atoms with Crippen molar-refractivity contribution in [3.8, 4) is 0 Å². The van der Waals surface area contributed by atoms with Gasteiger partial charge in [0, 0.05) is 18.4 Å². The standard InChI is InChI=1S/C12H23N3O2S/c1-2-15(8-11(13)14-16)10-3-5-17-12(7-10)4-6-18-9-12/h10,16H,2-9H2,1H3,(H2,13,14). The van der Waals surface area contributed by atoms with Crippen LogP contribution in [0.1, 0.15) is 26.2 Å². The number of rotatable bonds is 4. The summed E-state index contributed by atoms with van der Waals surface area (Å²) in [5.41, 5.74) is 5.71. The molecule has 2 aliphatic rings. The third kappa shape index (κ3) is 3.10. The lowest BCUT2D eigenvalue weighted by Crippen LogP contribution is -2.50. The van der Waals surface area contributed by atoms with Gasteiger partial charge >= 0.3 is 0 Å². The topological polar surface area (TPSA) is 71.1 Å². The highest BCUT2D eigenvalue weighted by Crippen LogP contribution is 2.39. The van der Waals surface area contributed by atoms with Crippen LogP contribution in [-0.4, -0.2) is 58.8 Å². The zero-order valence-electron chi connectivity index (χ0n) is 11.0. The molecule has 2 atom stereocenters. The number of nitrogens with two attached hydrogens (primary N) is 1. The molecule has 1 spiro atoms. The molecular formula is C12H23N3O2S. The normalized spacial score (nSPS) is 33.4. The molecule has 2 unspecified atom stereocenters. The quantitative estimate of drug-likeness (QED) is 0.347. The summed E-state index contributed by atoms with van der Waals surface area (Å²) in [4.78, 5) is 2.29. The van der Waals surface area contributed by atoms with Gasteiger partial charge in [0.05, 0.1) is 12.1 Å². The first kappa shape index (κ1) is 14.0. The first-order valence-corrected chi connectivity index (χ1v) is 7.77. The predicted octanol–water partition coefficient (Wildman–Crippen LogP) is 1.11. The van der Waals surface area contributed by atoms with Crippen LogP contribution in [0.5, 0.6) is 0 Å². The molecule has 2 heterocycles. The van der Waals surface area contributed by atoms with Gasteiger partial charge in [-0.2, -0.15) is 11.8 Å². The molecule has 0 bridgehead atoms. The van der Waals surface area contributed by atoms with Crippen molar-refractivity contribution < 1.29 is 9.94 Å². The molecule has 0 radical (unpaired) electrons. The number of oxime groups is 1. The van der Waals surface area contributed by atoms with Gasteiger partial charge in [0.25, 0.3) is 0 Å². The van der Waals surface area contributed by atoms with Crippen molar-refractivity contribution in [2.24, 2.45) is 10.9 Å². The lowest BCUT2D eigenvalue weighted by Gasteiger charge is -2.42. The molecule has 2 rings (SSSR count). The summed E-state index contributed by atoms with van der Waals surface area (Å²) in [6.45, 7) is 4.42. The number of likely N-dealkylation sites (N-methyl/N-ethyl adjacent to an activating group) is 1. The molecule has 0 saturated carbocycles. The fraction of sp³-hybridized carbons (Fsp3) is 0.917. The van der Waals surface area contributed by atoms with Crippen LogP contribution in [0.2, 0.25) is 0 Å². The van der Waals surface area contributed by atoms with E-state index in [0.29, 0.717) is 12.6 Å². The number of nitrogens with zero attached hydrogens (tertiary/aromatic N) is 2. The zero-order valence-corrected chi connectivity index (χ0v) is 11.8. The Morgan fingerprint density at radius 2 is 2.50 bits per heavy atom. The van der Waals surface area contributed by atoms with E-state index in [9.17, 15) is 0 Å². The maximum Gasteiger partial charge on any atom is 0.153 e. The van der Waals surface area contributed by atoms with E-state index in [4.69, 9.17) is 15.7 Å². The largest absolute Gasteiger partial charge is 0.409 e. The lowest BCUT2D eigenvalue weighted by molar-refractivity contribution is -0.0872. The molecule has 2 saturated heterocycles. The number of thioether (sulfide) groups is 1. The summed E-state index contributed by atoms with van der Waals surface area (Å²) in [5.74, 6) is 2.61. The fourth-order valence-corrected chi connectivity index (χ4v) is 4.29. The highest BCUT2D eigenvalue weighted by molar-refractivity contribution is 7.99. The number of amidine groups is 1. The Bertz CT molecular complexity index is 306. The molecule has 104 valence electrons. The summed E-state index contributed by atoms with van der Waals surface area (Å²) >= 11 is 1.99. The van der Waals surface area contributed by atoms with Gasteiger partial charge in [-0.05, 0) is 31.6 Å². The molecule has 0 aliphatic carbocycles. The van der Waals surface area contributed by atoms with Crippen molar-refractivity contribution >= 4 is 17.6 Å². The minimum absolute atomic E-state index is 0.0894. The molecule has 0 amide bonds. The van der Waals surface area contributed by atoms with Crippen LogP contribution in [0.15, 0.2) is 5.16 Å². The van der Waals surface area contributed by atoms with Gasteiger partial charge in [-0.1, -0.05) is 12.1 Å². The predicted molar refractivity (Wildman–Crippen MR) is 74.3 cm³/mol. The van der Waals surface area contributed by atoms with E-state index in [1.807, 2.05) is 11.8 Å². The van der Waals surface area contributed by atoms with Gasteiger partial charge in [-0.15, -0.1) is 0 Å². The fourth-order valence-electron chi connectivity index (χ4n) is 2.92.